The molecule has 1 unspecified atom stereocenters. The summed E-state index contributed by atoms with van der Waals surface area (Å²) in [5.74, 6) is -1.48. The summed E-state index contributed by atoms with van der Waals surface area (Å²) < 4.78 is 38.4. The molecule has 1 aliphatic rings. The molecule has 7 heteroatoms. The van der Waals surface area contributed by atoms with Crippen molar-refractivity contribution in [2.45, 2.75) is 11.8 Å². The Hall–Kier alpha value is -1.08. The number of hydrogen-bond acceptors (Lipinski definition) is 2. The zero-order valence-corrected chi connectivity index (χ0v) is 9.19. The number of aliphatic hydroxyl groups is 1. The molecule has 3 nitrogen and oxygen atoms in total. The number of nitrogens with one attached hydrogen (secondary N) is 1. The molecule has 0 saturated carbocycles. The molecular formula is C9H5BrF3NO2. The highest BCUT2D eigenvalue weighted by Crippen LogP contribution is 2.47. The Balaban J connectivity index is 2.67. The second kappa shape index (κ2) is 3.21. The molecule has 2 rings (SSSR count). The average Bonchev–Trinajstić information content (AvgIpc) is 2.41. The molecule has 0 fully saturated rings. The van der Waals surface area contributed by atoms with E-state index in [9.17, 15) is 23.1 Å². The lowest BCUT2D eigenvalue weighted by atomic mass is 9.95. The summed E-state index contributed by atoms with van der Waals surface area (Å²) in [5.41, 5.74) is -3.99. The van der Waals surface area contributed by atoms with Crippen molar-refractivity contribution in [1.82, 2.24) is 0 Å². The van der Waals surface area contributed by atoms with Crippen LogP contribution in [0.1, 0.15) is 5.56 Å². The number of rotatable bonds is 0. The number of amides is 1. The van der Waals surface area contributed by atoms with Gasteiger partial charge in [-0.15, -0.1) is 0 Å². The second-order valence-corrected chi connectivity index (χ2v) is 4.27. The van der Waals surface area contributed by atoms with Gasteiger partial charge in [-0.3, -0.25) is 4.79 Å². The zero-order valence-electron chi connectivity index (χ0n) is 7.60. The van der Waals surface area contributed by atoms with Crippen molar-refractivity contribution in [3.63, 3.8) is 0 Å². The maximum Gasteiger partial charge on any atom is 0.430 e. The van der Waals surface area contributed by atoms with Gasteiger partial charge in [-0.25, -0.2) is 0 Å². The van der Waals surface area contributed by atoms with Crippen LogP contribution in [0, 0.1) is 0 Å². The smallest absolute Gasteiger partial charge is 0.368 e. The first-order valence-electron chi connectivity index (χ1n) is 4.17. The summed E-state index contributed by atoms with van der Waals surface area (Å²) in [5, 5.41) is 11.5. The van der Waals surface area contributed by atoms with Crippen molar-refractivity contribution in [3.05, 3.63) is 28.2 Å². The van der Waals surface area contributed by atoms with Crippen LogP contribution in [0.3, 0.4) is 0 Å². The minimum Gasteiger partial charge on any atom is -0.368 e. The SMILES string of the molecule is O=C1Nc2ccc(Br)cc2C1(O)C(F)(F)F. The van der Waals surface area contributed by atoms with Gasteiger partial charge in [0.05, 0.1) is 0 Å². The van der Waals surface area contributed by atoms with Crippen molar-refractivity contribution in [3.8, 4) is 0 Å². The van der Waals surface area contributed by atoms with E-state index in [-0.39, 0.29) is 5.69 Å². The number of halogens is 4. The first-order chi connectivity index (χ1) is 7.26. The molecule has 0 saturated heterocycles. The van der Waals surface area contributed by atoms with Crippen LogP contribution in [-0.2, 0) is 10.4 Å². The normalized spacial score (nSPS) is 24.2. The highest BCUT2D eigenvalue weighted by Gasteiger charge is 2.64. The van der Waals surface area contributed by atoms with Gasteiger partial charge < -0.3 is 10.4 Å². The zero-order chi connectivity index (χ0) is 12.1. The largest absolute Gasteiger partial charge is 0.430 e. The summed E-state index contributed by atoms with van der Waals surface area (Å²) in [4.78, 5) is 11.2. The highest BCUT2D eigenvalue weighted by atomic mass is 79.9. The fourth-order valence-electron chi connectivity index (χ4n) is 1.54. The number of alkyl halides is 3. The van der Waals surface area contributed by atoms with Gasteiger partial charge in [0, 0.05) is 15.7 Å². The molecule has 0 aromatic heterocycles. The molecular weight excluding hydrogens is 291 g/mol. The Morgan fingerprint density at radius 1 is 1.38 bits per heavy atom. The third-order valence-electron chi connectivity index (χ3n) is 2.36. The lowest BCUT2D eigenvalue weighted by Gasteiger charge is -2.23. The summed E-state index contributed by atoms with van der Waals surface area (Å²) in [6.07, 6.45) is -5.05. The van der Waals surface area contributed by atoms with Crippen LogP contribution in [0.4, 0.5) is 18.9 Å². The van der Waals surface area contributed by atoms with Crippen LogP contribution in [-0.4, -0.2) is 17.2 Å². The van der Waals surface area contributed by atoms with Gasteiger partial charge in [-0.05, 0) is 18.2 Å². The molecule has 16 heavy (non-hydrogen) atoms. The predicted molar refractivity (Wildman–Crippen MR) is 52.7 cm³/mol. The van der Waals surface area contributed by atoms with E-state index in [0.29, 0.717) is 4.47 Å². The summed E-state index contributed by atoms with van der Waals surface area (Å²) in [6.45, 7) is 0. The van der Waals surface area contributed by atoms with Crippen LogP contribution in [0.15, 0.2) is 22.7 Å². The lowest BCUT2D eigenvalue weighted by Crippen LogP contribution is -2.47. The molecule has 0 aliphatic carbocycles. The number of carbonyl (C=O) groups is 1. The van der Waals surface area contributed by atoms with Gasteiger partial charge in [0.15, 0.2) is 0 Å². The summed E-state index contributed by atoms with van der Waals surface area (Å²) in [7, 11) is 0. The minimum atomic E-state index is -5.05. The maximum atomic E-state index is 12.7. The van der Waals surface area contributed by atoms with E-state index in [2.05, 4.69) is 15.9 Å². The van der Waals surface area contributed by atoms with Crippen LogP contribution >= 0.6 is 15.9 Å². The van der Waals surface area contributed by atoms with Crippen LogP contribution in [0.5, 0.6) is 0 Å². The van der Waals surface area contributed by atoms with E-state index in [4.69, 9.17) is 0 Å². The third kappa shape index (κ3) is 1.35. The van der Waals surface area contributed by atoms with Crippen LogP contribution < -0.4 is 5.32 Å². The average molecular weight is 296 g/mol. The number of anilines is 1. The molecule has 1 aromatic carbocycles. The molecule has 86 valence electrons. The van der Waals surface area contributed by atoms with E-state index in [1.165, 1.54) is 12.1 Å². The topological polar surface area (TPSA) is 49.3 Å². The number of benzene rings is 1. The Morgan fingerprint density at radius 3 is 2.56 bits per heavy atom. The molecule has 1 amide bonds. The molecule has 1 atom stereocenters. The molecule has 0 radical (unpaired) electrons. The Bertz CT molecular complexity index is 474. The number of carbonyl (C=O) groups excluding carboxylic acids is 1. The standard InChI is InChI=1S/C9H5BrF3NO2/c10-4-1-2-6-5(3-4)8(16,7(15)14-6)9(11,12)13/h1-3,16H,(H,14,15). The van der Waals surface area contributed by atoms with Gasteiger partial charge in [0.25, 0.3) is 11.5 Å². The van der Waals surface area contributed by atoms with E-state index >= 15 is 0 Å². The van der Waals surface area contributed by atoms with Crippen LogP contribution in [0.25, 0.3) is 0 Å². The van der Waals surface area contributed by atoms with E-state index in [1.807, 2.05) is 5.32 Å². The maximum absolute atomic E-state index is 12.7. The van der Waals surface area contributed by atoms with Crippen molar-refractivity contribution in [1.29, 1.82) is 0 Å². The van der Waals surface area contributed by atoms with E-state index in [1.54, 1.807) is 0 Å². The first kappa shape index (κ1) is 11.4. The molecule has 0 bridgehead atoms. The Kier molecular flexibility index (Phi) is 2.29. The Labute approximate surface area is 96.4 Å². The van der Waals surface area contributed by atoms with Gasteiger partial charge in [0.1, 0.15) is 0 Å². The molecule has 1 heterocycles. The van der Waals surface area contributed by atoms with Gasteiger partial charge >= 0.3 is 6.18 Å². The first-order valence-corrected chi connectivity index (χ1v) is 4.96. The third-order valence-corrected chi connectivity index (χ3v) is 2.85. The van der Waals surface area contributed by atoms with Gasteiger partial charge in [-0.1, -0.05) is 15.9 Å². The van der Waals surface area contributed by atoms with Crippen molar-refractivity contribution in [2.24, 2.45) is 0 Å². The van der Waals surface area contributed by atoms with Gasteiger partial charge in [0.2, 0.25) is 0 Å². The fraction of sp³-hybridized carbons (Fsp3) is 0.222. The minimum absolute atomic E-state index is 0.0342. The lowest BCUT2D eigenvalue weighted by molar-refractivity contribution is -0.252. The predicted octanol–water partition coefficient (Wildman–Crippen LogP) is 2.15. The van der Waals surface area contributed by atoms with E-state index in [0.717, 1.165) is 6.07 Å². The van der Waals surface area contributed by atoms with Crippen molar-refractivity contribution >= 4 is 27.5 Å². The van der Waals surface area contributed by atoms with Crippen LogP contribution in [0.2, 0.25) is 0 Å². The van der Waals surface area contributed by atoms with Gasteiger partial charge in [-0.2, -0.15) is 13.2 Å². The summed E-state index contributed by atoms with van der Waals surface area (Å²) >= 11 is 2.99. The second-order valence-electron chi connectivity index (χ2n) is 3.35. The molecule has 1 aromatic rings. The highest BCUT2D eigenvalue weighted by molar-refractivity contribution is 9.10. The van der Waals surface area contributed by atoms with Crippen molar-refractivity contribution < 1.29 is 23.1 Å². The Morgan fingerprint density at radius 2 is 2.00 bits per heavy atom. The van der Waals surface area contributed by atoms with Crippen molar-refractivity contribution in [2.75, 3.05) is 5.32 Å². The summed E-state index contributed by atoms with van der Waals surface area (Å²) in [6, 6.07) is 3.84. The molecule has 1 aliphatic heterocycles. The molecule has 0 spiro atoms. The molecule has 2 N–H and O–H groups in total. The van der Waals surface area contributed by atoms with E-state index < -0.39 is 23.2 Å². The quantitative estimate of drug-likeness (QED) is 0.770. The monoisotopic (exact) mass is 295 g/mol. The number of hydrogen-bond donors (Lipinski definition) is 2. The number of fused-ring (bicyclic) bond motifs is 1. The fourth-order valence-corrected chi connectivity index (χ4v) is 1.90.